The van der Waals surface area contributed by atoms with E-state index in [9.17, 15) is 9.59 Å². The summed E-state index contributed by atoms with van der Waals surface area (Å²) < 4.78 is 0. The van der Waals surface area contributed by atoms with Crippen molar-refractivity contribution in [3.05, 3.63) is 54.6 Å². The van der Waals surface area contributed by atoms with Crippen molar-refractivity contribution in [2.45, 2.75) is 20.8 Å². The number of hydrogen-bond acceptors (Lipinski definition) is 3. The van der Waals surface area contributed by atoms with Crippen LogP contribution in [0.3, 0.4) is 0 Å². The lowest BCUT2D eigenvalue weighted by molar-refractivity contribution is -0.164. The van der Waals surface area contributed by atoms with Gasteiger partial charge >= 0.3 is 5.97 Å². The summed E-state index contributed by atoms with van der Waals surface area (Å²) in [5, 5.41) is 1.94. The number of nitrogens with one attached hydrogen (secondary N) is 1. The van der Waals surface area contributed by atoms with Crippen LogP contribution in [0.2, 0.25) is 0 Å². The zero-order valence-corrected chi connectivity index (χ0v) is 13.0. The van der Waals surface area contributed by atoms with Crippen LogP contribution in [-0.4, -0.2) is 11.9 Å². The largest absolute Gasteiger partial charge is 0.340 e. The van der Waals surface area contributed by atoms with Gasteiger partial charge in [-0.25, -0.2) is 4.79 Å². The Morgan fingerprint density at radius 1 is 1.05 bits per heavy atom. The highest BCUT2D eigenvalue weighted by Crippen LogP contribution is 2.24. The van der Waals surface area contributed by atoms with Gasteiger partial charge in [-0.15, -0.1) is 0 Å². The topological polar surface area (TPSA) is 55.4 Å². The highest BCUT2D eigenvalue weighted by Gasteiger charge is 2.24. The van der Waals surface area contributed by atoms with E-state index in [1.165, 1.54) is 0 Å². The van der Waals surface area contributed by atoms with E-state index < -0.39 is 17.3 Å². The number of carbonyl (C=O) groups excluding carboxylic acids is 2. The van der Waals surface area contributed by atoms with Crippen molar-refractivity contribution in [2.75, 3.05) is 0 Å². The summed E-state index contributed by atoms with van der Waals surface area (Å²) in [5.74, 6) is -1.04. The van der Waals surface area contributed by atoms with Gasteiger partial charge in [-0.05, 0) is 37.1 Å². The predicted octanol–water partition coefficient (Wildman–Crippen LogP) is 3.47. The van der Waals surface area contributed by atoms with Gasteiger partial charge in [0.2, 0.25) is 0 Å². The smallest absolute Gasteiger partial charge is 0.337 e. The first-order chi connectivity index (χ1) is 10.3. The molecule has 0 aliphatic rings. The zero-order chi connectivity index (χ0) is 16.3. The van der Waals surface area contributed by atoms with E-state index in [1.807, 2.05) is 42.5 Å². The molecule has 4 heteroatoms. The molecule has 114 valence electrons. The molecule has 0 saturated heterocycles. The van der Waals surface area contributed by atoms with Crippen LogP contribution in [0.4, 0.5) is 0 Å². The minimum atomic E-state index is -0.686. The van der Waals surface area contributed by atoms with E-state index in [0.717, 1.165) is 10.8 Å². The van der Waals surface area contributed by atoms with E-state index in [-0.39, 0.29) is 5.57 Å². The predicted molar refractivity (Wildman–Crippen MR) is 86.7 cm³/mol. The summed E-state index contributed by atoms with van der Waals surface area (Å²) in [4.78, 5) is 28.6. The number of carbonyl (C=O) groups is 2. The lowest BCUT2D eigenvalue weighted by atomic mass is 9.98. The van der Waals surface area contributed by atoms with Crippen molar-refractivity contribution in [1.29, 1.82) is 0 Å². The Morgan fingerprint density at radius 3 is 2.36 bits per heavy atom. The van der Waals surface area contributed by atoms with E-state index in [4.69, 9.17) is 4.84 Å². The van der Waals surface area contributed by atoms with Crippen molar-refractivity contribution in [3.8, 4) is 0 Å². The molecule has 0 bridgehead atoms. The fourth-order valence-electron chi connectivity index (χ4n) is 1.92. The maximum Gasteiger partial charge on any atom is 0.337 e. The van der Waals surface area contributed by atoms with Gasteiger partial charge in [0, 0.05) is 5.57 Å². The summed E-state index contributed by atoms with van der Waals surface area (Å²) in [5.41, 5.74) is 2.44. The maximum atomic E-state index is 12.1. The molecule has 0 radical (unpaired) electrons. The highest BCUT2D eigenvalue weighted by molar-refractivity contribution is 6.21. The number of amides is 1. The molecule has 2 aromatic rings. The number of hydroxylamine groups is 1. The third kappa shape index (κ3) is 3.34. The minimum absolute atomic E-state index is 0.249. The molecule has 2 rings (SSSR count). The van der Waals surface area contributed by atoms with Crippen LogP contribution >= 0.6 is 0 Å². The molecule has 1 amide bonds. The molecule has 0 aliphatic carbocycles. The number of benzene rings is 2. The quantitative estimate of drug-likeness (QED) is 0.682. The Hall–Kier alpha value is -2.62. The Labute approximate surface area is 129 Å². The van der Waals surface area contributed by atoms with Gasteiger partial charge < -0.3 is 4.84 Å². The standard InChI is InChI=1S/C18H19NO3/c1-12(16(20)19-22-17(21)18(2,3)4)14-11-7-9-13-8-5-6-10-15(13)14/h5-11H,1H2,2-4H3,(H,19,20). The summed E-state index contributed by atoms with van der Waals surface area (Å²) in [7, 11) is 0. The van der Waals surface area contributed by atoms with Crippen LogP contribution < -0.4 is 5.48 Å². The normalized spacial score (nSPS) is 11.0. The van der Waals surface area contributed by atoms with Crippen molar-refractivity contribution in [3.63, 3.8) is 0 Å². The van der Waals surface area contributed by atoms with Crippen molar-refractivity contribution in [2.24, 2.45) is 5.41 Å². The van der Waals surface area contributed by atoms with Gasteiger partial charge in [0.05, 0.1) is 5.41 Å². The molecule has 1 N–H and O–H groups in total. The first-order valence-corrected chi connectivity index (χ1v) is 6.99. The van der Waals surface area contributed by atoms with Crippen LogP contribution in [0.1, 0.15) is 26.3 Å². The molecule has 0 atom stereocenters. The molecule has 0 aliphatic heterocycles. The molecule has 0 spiro atoms. The van der Waals surface area contributed by atoms with E-state index in [0.29, 0.717) is 5.56 Å². The first kappa shape index (κ1) is 15.8. The Kier molecular flexibility index (Phi) is 4.31. The zero-order valence-electron chi connectivity index (χ0n) is 13.0. The Morgan fingerprint density at radius 2 is 1.68 bits per heavy atom. The Balaban J connectivity index is 2.17. The average molecular weight is 297 g/mol. The molecule has 0 saturated carbocycles. The van der Waals surface area contributed by atoms with Crippen LogP contribution in [-0.2, 0) is 14.4 Å². The molecule has 0 fully saturated rings. The molecular formula is C18H19NO3. The van der Waals surface area contributed by atoms with Gasteiger partial charge in [0.1, 0.15) is 0 Å². The molecule has 2 aromatic carbocycles. The fraction of sp³-hybridized carbons (Fsp3) is 0.222. The van der Waals surface area contributed by atoms with Crippen LogP contribution in [0.15, 0.2) is 49.0 Å². The third-order valence-corrected chi connectivity index (χ3v) is 3.24. The second-order valence-electron chi connectivity index (χ2n) is 6.08. The summed E-state index contributed by atoms with van der Waals surface area (Å²) >= 11 is 0. The summed E-state index contributed by atoms with van der Waals surface area (Å²) in [6.07, 6.45) is 0. The minimum Gasteiger partial charge on any atom is -0.340 e. The van der Waals surface area contributed by atoms with E-state index in [2.05, 4.69) is 12.1 Å². The Bertz CT molecular complexity index is 736. The van der Waals surface area contributed by atoms with Crippen molar-refractivity contribution in [1.82, 2.24) is 5.48 Å². The van der Waals surface area contributed by atoms with Crippen LogP contribution in [0.25, 0.3) is 16.3 Å². The molecule has 0 unspecified atom stereocenters. The highest BCUT2D eigenvalue weighted by atomic mass is 16.7. The van der Waals surface area contributed by atoms with Crippen molar-refractivity contribution < 1.29 is 14.4 Å². The lowest BCUT2D eigenvalue weighted by Crippen LogP contribution is -2.33. The SMILES string of the molecule is C=C(C(=O)NOC(=O)C(C)(C)C)c1cccc2ccccc12. The summed E-state index contributed by atoms with van der Waals surface area (Å²) in [6.45, 7) is 8.94. The van der Waals surface area contributed by atoms with Crippen LogP contribution in [0.5, 0.6) is 0 Å². The average Bonchev–Trinajstić information content (AvgIpc) is 2.50. The fourth-order valence-corrected chi connectivity index (χ4v) is 1.92. The summed E-state index contributed by atoms with van der Waals surface area (Å²) in [6, 6.07) is 13.3. The van der Waals surface area contributed by atoms with Gasteiger partial charge in [-0.1, -0.05) is 49.0 Å². The van der Waals surface area contributed by atoms with Gasteiger partial charge in [-0.3, -0.25) is 4.79 Å². The number of rotatable bonds is 2. The molecule has 22 heavy (non-hydrogen) atoms. The first-order valence-electron chi connectivity index (χ1n) is 6.99. The molecule has 0 aromatic heterocycles. The van der Waals surface area contributed by atoms with E-state index >= 15 is 0 Å². The monoisotopic (exact) mass is 297 g/mol. The van der Waals surface area contributed by atoms with Crippen LogP contribution in [0, 0.1) is 5.41 Å². The van der Waals surface area contributed by atoms with Gasteiger partial charge in [0.25, 0.3) is 5.91 Å². The molecular weight excluding hydrogens is 278 g/mol. The second kappa shape index (κ2) is 6.02. The van der Waals surface area contributed by atoms with Gasteiger partial charge in [-0.2, -0.15) is 5.48 Å². The molecule has 4 nitrogen and oxygen atoms in total. The number of fused-ring (bicyclic) bond motifs is 1. The number of hydrogen-bond donors (Lipinski definition) is 1. The van der Waals surface area contributed by atoms with E-state index in [1.54, 1.807) is 20.8 Å². The van der Waals surface area contributed by atoms with Crippen molar-refractivity contribution >= 4 is 28.2 Å². The second-order valence-corrected chi connectivity index (χ2v) is 6.08. The third-order valence-electron chi connectivity index (χ3n) is 3.24. The van der Waals surface area contributed by atoms with Gasteiger partial charge in [0.15, 0.2) is 0 Å². The molecule has 0 heterocycles. The lowest BCUT2D eigenvalue weighted by Gasteiger charge is -2.16. The maximum absolute atomic E-state index is 12.1.